The molecule has 2 saturated carbocycles. The van der Waals surface area contributed by atoms with Crippen LogP contribution in [-0.2, 0) is 0 Å². The third kappa shape index (κ3) is 3.45. The van der Waals surface area contributed by atoms with Gasteiger partial charge in [-0.15, -0.1) is 0 Å². The molecule has 1 unspecified atom stereocenters. The second-order valence-electron chi connectivity index (χ2n) is 7.35. The van der Waals surface area contributed by atoms with E-state index in [0.717, 1.165) is 23.7 Å². The lowest BCUT2D eigenvalue weighted by molar-refractivity contribution is 0.274. The number of hydrogen-bond donors (Lipinski definition) is 1. The summed E-state index contributed by atoms with van der Waals surface area (Å²) in [6.45, 7) is 0. The molecular formula is C21H27N3. The number of fused-ring (bicyclic) bond motifs is 1. The Kier molecular flexibility index (Phi) is 4.77. The van der Waals surface area contributed by atoms with E-state index in [4.69, 9.17) is 5.10 Å². The van der Waals surface area contributed by atoms with Crippen molar-refractivity contribution in [3.63, 3.8) is 0 Å². The Hall–Kier alpha value is -1.90. The van der Waals surface area contributed by atoms with Crippen LogP contribution >= 0.6 is 0 Å². The van der Waals surface area contributed by atoms with E-state index in [2.05, 4.69) is 28.6 Å². The van der Waals surface area contributed by atoms with Gasteiger partial charge in [0.1, 0.15) is 5.82 Å². The van der Waals surface area contributed by atoms with Crippen molar-refractivity contribution in [3.05, 3.63) is 36.4 Å². The Bertz CT molecular complexity index is 716. The van der Waals surface area contributed by atoms with Crippen LogP contribution in [0.3, 0.4) is 0 Å². The number of para-hydroxylation sites is 1. The number of rotatable bonds is 3. The van der Waals surface area contributed by atoms with E-state index in [0.29, 0.717) is 5.92 Å². The van der Waals surface area contributed by atoms with Crippen LogP contribution in [0.1, 0.15) is 57.8 Å². The average molecular weight is 321 g/mol. The molecule has 2 aromatic rings. The third-order valence-corrected chi connectivity index (χ3v) is 5.76. The second-order valence-corrected chi connectivity index (χ2v) is 7.35. The summed E-state index contributed by atoms with van der Waals surface area (Å²) < 4.78 is 0. The van der Waals surface area contributed by atoms with Crippen molar-refractivity contribution in [1.29, 1.82) is 0 Å². The van der Waals surface area contributed by atoms with Gasteiger partial charge in [-0.25, -0.2) is 4.98 Å². The first-order valence-corrected chi connectivity index (χ1v) is 9.58. The highest BCUT2D eigenvalue weighted by Gasteiger charge is 2.29. The van der Waals surface area contributed by atoms with E-state index < -0.39 is 0 Å². The highest BCUT2D eigenvalue weighted by atomic mass is 15.3. The summed E-state index contributed by atoms with van der Waals surface area (Å²) in [6, 6.07) is 12.4. The number of hydrogen-bond acceptors (Lipinski definition) is 3. The van der Waals surface area contributed by atoms with Crippen LogP contribution < -0.4 is 5.43 Å². The molecule has 0 spiro atoms. The fourth-order valence-electron chi connectivity index (χ4n) is 4.46. The molecule has 1 atom stereocenters. The minimum atomic E-state index is 0.701. The first kappa shape index (κ1) is 15.6. The molecule has 2 aliphatic carbocycles. The van der Waals surface area contributed by atoms with Crippen LogP contribution in [0, 0.1) is 11.8 Å². The number of hydrazone groups is 1. The topological polar surface area (TPSA) is 37.3 Å². The van der Waals surface area contributed by atoms with Gasteiger partial charge in [-0.2, -0.15) is 5.10 Å². The summed E-state index contributed by atoms with van der Waals surface area (Å²) in [5.41, 5.74) is 5.67. The summed E-state index contributed by atoms with van der Waals surface area (Å²) in [4.78, 5) is 4.68. The first-order valence-electron chi connectivity index (χ1n) is 9.58. The Balaban J connectivity index is 1.51. The molecule has 0 saturated heterocycles. The monoisotopic (exact) mass is 321 g/mol. The molecule has 2 aliphatic rings. The van der Waals surface area contributed by atoms with E-state index in [1.54, 1.807) is 0 Å². The molecule has 0 radical (unpaired) electrons. The lowest BCUT2D eigenvalue weighted by Gasteiger charge is -2.33. The summed E-state index contributed by atoms with van der Waals surface area (Å²) in [5.74, 6) is 2.42. The zero-order chi connectivity index (χ0) is 16.2. The number of anilines is 1. The van der Waals surface area contributed by atoms with Gasteiger partial charge in [0.15, 0.2) is 0 Å². The molecule has 126 valence electrons. The van der Waals surface area contributed by atoms with E-state index in [1.165, 1.54) is 62.5 Å². The molecule has 3 nitrogen and oxygen atoms in total. The van der Waals surface area contributed by atoms with Crippen molar-refractivity contribution in [2.75, 3.05) is 5.43 Å². The van der Waals surface area contributed by atoms with Crippen LogP contribution in [0.5, 0.6) is 0 Å². The molecule has 4 rings (SSSR count). The lowest BCUT2D eigenvalue weighted by Crippen LogP contribution is -2.29. The van der Waals surface area contributed by atoms with Crippen LogP contribution in [0.4, 0.5) is 5.82 Å². The summed E-state index contributed by atoms with van der Waals surface area (Å²) >= 11 is 0. The summed E-state index contributed by atoms with van der Waals surface area (Å²) in [6.07, 6.45) is 12.2. The van der Waals surface area contributed by atoms with Gasteiger partial charge in [0.25, 0.3) is 0 Å². The largest absolute Gasteiger partial charge is 0.261 e. The Labute approximate surface area is 144 Å². The first-order chi connectivity index (χ1) is 11.9. The molecule has 1 aromatic carbocycles. The van der Waals surface area contributed by atoms with E-state index >= 15 is 0 Å². The third-order valence-electron chi connectivity index (χ3n) is 5.76. The second kappa shape index (κ2) is 7.33. The van der Waals surface area contributed by atoms with Crippen molar-refractivity contribution in [2.45, 2.75) is 57.8 Å². The SMILES string of the molecule is c1ccc2nc(NN=C3CCCCC3C3CCCCC3)ccc2c1. The van der Waals surface area contributed by atoms with Crippen LogP contribution in [-0.4, -0.2) is 10.7 Å². The van der Waals surface area contributed by atoms with Crippen molar-refractivity contribution >= 4 is 22.4 Å². The Morgan fingerprint density at radius 1 is 0.875 bits per heavy atom. The number of pyridine rings is 1. The van der Waals surface area contributed by atoms with Gasteiger partial charge >= 0.3 is 0 Å². The van der Waals surface area contributed by atoms with Gasteiger partial charge in [0.05, 0.1) is 5.52 Å². The van der Waals surface area contributed by atoms with Gasteiger partial charge in [-0.3, -0.25) is 5.43 Å². The maximum Gasteiger partial charge on any atom is 0.146 e. The fourth-order valence-corrected chi connectivity index (χ4v) is 4.46. The molecule has 1 heterocycles. The van der Waals surface area contributed by atoms with Crippen molar-refractivity contribution < 1.29 is 0 Å². The van der Waals surface area contributed by atoms with Gasteiger partial charge in [-0.1, -0.05) is 43.9 Å². The van der Waals surface area contributed by atoms with Crippen molar-refractivity contribution in [2.24, 2.45) is 16.9 Å². The van der Waals surface area contributed by atoms with E-state index in [9.17, 15) is 0 Å². The number of nitrogens with zero attached hydrogens (tertiary/aromatic N) is 2. The van der Waals surface area contributed by atoms with E-state index in [-0.39, 0.29) is 0 Å². The lowest BCUT2D eigenvalue weighted by atomic mass is 9.72. The number of benzene rings is 1. The number of nitrogens with one attached hydrogen (secondary N) is 1. The average Bonchev–Trinajstić information content (AvgIpc) is 2.67. The predicted octanol–water partition coefficient (Wildman–Crippen LogP) is 5.77. The highest BCUT2D eigenvalue weighted by molar-refractivity contribution is 5.88. The molecule has 1 aromatic heterocycles. The standard InChI is InChI=1S/C21H27N3/c1-2-8-16(9-3-1)18-11-5-7-13-20(18)23-24-21-15-14-17-10-4-6-12-19(17)22-21/h4,6,10,12,14-16,18H,1-3,5,7-9,11,13H2,(H,22,24). The quantitative estimate of drug-likeness (QED) is 0.728. The molecule has 0 amide bonds. The normalized spacial score (nSPS) is 24.3. The smallest absolute Gasteiger partial charge is 0.146 e. The maximum absolute atomic E-state index is 4.82. The number of aromatic nitrogens is 1. The zero-order valence-corrected chi connectivity index (χ0v) is 14.4. The molecule has 1 N–H and O–H groups in total. The summed E-state index contributed by atoms with van der Waals surface area (Å²) in [7, 11) is 0. The molecule has 3 heteroatoms. The molecule has 2 fully saturated rings. The van der Waals surface area contributed by atoms with Crippen molar-refractivity contribution in [3.8, 4) is 0 Å². The van der Waals surface area contributed by atoms with Gasteiger partial charge < -0.3 is 0 Å². The highest BCUT2D eigenvalue weighted by Crippen LogP contribution is 2.37. The predicted molar refractivity (Wildman–Crippen MR) is 101 cm³/mol. The Morgan fingerprint density at radius 3 is 2.62 bits per heavy atom. The van der Waals surface area contributed by atoms with Gasteiger partial charge in [0.2, 0.25) is 0 Å². The molecule has 24 heavy (non-hydrogen) atoms. The fraction of sp³-hybridized carbons (Fsp3) is 0.524. The van der Waals surface area contributed by atoms with Crippen LogP contribution in [0.15, 0.2) is 41.5 Å². The van der Waals surface area contributed by atoms with Gasteiger partial charge in [0, 0.05) is 17.0 Å². The molecular weight excluding hydrogens is 294 g/mol. The zero-order valence-electron chi connectivity index (χ0n) is 14.4. The molecule has 0 aliphatic heterocycles. The molecule has 0 bridgehead atoms. The minimum Gasteiger partial charge on any atom is -0.261 e. The van der Waals surface area contributed by atoms with E-state index in [1.807, 2.05) is 18.2 Å². The van der Waals surface area contributed by atoms with Crippen molar-refractivity contribution in [1.82, 2.24) is 4.98 Å². The summed E-state index contributed by atoms with van der Waals surface area (Å²) in [5, 5.41) is 6.00. The minimum absolute atomic E-state index is 0.701. The van der Waals surface area contributed by atoms with Gasteiger partial charge in [-0.05, 0) is 56.2 Å². The maximum atomic E-state index is 4.82. The Morgan fingerprint density at radius 2 is 1.71 bits per heavy atom. The van der Waals surface area contributed by atoms with Crippen LogP contribution in [0.25, 0.3) is 10.9 Å². The van der Waals surface area contributed by atoms with Crippen LogP contribution in [0.2, 0.25) is 0 Å².